The van der Waals surface area contributed by atoms with Crippen LogP contribution in [0, 0.1) is 11.2 Å². The summed E-state index contributed by atoms with van der Waals surface area (Å²) in [4.78, 5) is 40.7. The molecule has 2 atom stereocenters. The number of imidazole rings is 1. The first kappa shape index (κ1) is 29.5. The highest BCUT2D eigenvalue weighted by molar-refractivity contribution is 6.04. The second-order valence-corrected chi connectivity index (χ2v) is 11.5. The standard InChI is InChI=1S/C30H29F4N7O3/c1-16-5-6-18(13-41(16)28(43)29(2)14-44-15-29)26-38-22(23-24(35)36-10-11-40(23)26)17-7-8-19(21(31)12-17)27(42)39-25-20(30(32,33)34)4-3-9-37-25/h3-4,7-12,16,18H,5-6,13-15H2,1-2H3,(H2,35,36)(H,37,39,42)/t16-,18+/m0/s1. The van der Waals surface area contributed by atoms with Gasteiger partial charge < -0.3 is 20.7 Å². The summed E-state index contributed by atoms with van der Waals surface area (Å²) < 4.78 is 62.5. The van der Waals surface area contributed by atoms with Crippen LogP contribution in [0.5, 0.6) is 0 Å². The van der Waals surface area contributed by atoms with Crippen molar-refractivity contribution in [2.24, 2.45) is 5.41 Å². The number of anilines is 2. The van der Waals surface area contributed by atoms with E-state index in [-0.39, 0.29) is 29.2 Å². The van der Waals surface area contributed by atoms with Crippen LogP contribution in [0.1, 0.15) is 54.4 Å². The number of likely N-dealkylation sites (tertiary alicyclic amines) is 1. The Kier molecular flexibility index (Phi) is 7.26. The number of nitrogen functional groups attached to an aromatic ring is 1. The maximum atomic E-state index is 15.4. The lowest BCUT2D eigenvalue weighted by Crippen LogP contribution is -2.57. The molecule has 0 saturated carbocycles. The fourth-order valence-electron chi connectivity index (χ4n) is 5.81. The Morgan fingerprint density at radius 1 is 1.14 bits per heavy atom. The molecule has 5 heterocycles. The number of benzene rings is 1. The van der Waals surface area contributed by atoms with E-state index in [4.69, 9.17) is 15.5 Å². The van der Waals surface area contributed by atoms with Crippen molar-refractivity contribution in [2.45, 2.75) is 44.8 Å². The highest BCUT2D eigenvalue weighted by atomic mass is 19.4. The number of hydrogen-bond donors (Lipinski definition) is 2. The molecule has 0 unspecified atom stereocenters. The minimum atomic E-state index is -4.77. The largest absolute Gasteiger partial charge is 0.419 e. The van der Waals surface area contributed by atoms with E-state index in [0.717, 1.165) is 43.3 Å². The SMILES string of the molecule is C[C@H]1CC[C@@H](c2nc(-c3ccc(C(=O)Nc4ncccc4C(F)(F)F)c(F)c3)c3c(N)nccn23)CN1C(=O)C1(C)COC1. The van der Waals surface area contributed by atoms with E-state index < -0.39 is 40.3 Å². The normalized spacial score (nSPS) is 19.9. The van der Waals surface area contributed by atoms with Crippen LogP contribution in [0.15, 0.2) is 48.9 Å². The first-order chi connectivity index (χ1) is 20.9. The van der Waals surface area contributed by atoms with Crippen LogP contribution in [0.2, 0.25) is 0 Å². The molecule has 230 valence electrons. The van der Waals surface area contributed by atoms with E-state index >= 15 is 4.39 Å². The summed E-state index contributed by atoms with van der Waals surface area (Å²) in [5, 5.41) is 2.06. The number of rotatable bonds is 5. The minimum Gasteiger partial charge on any atom is -0.382 e. The molecule has 2 amide bonds. The number of halogens is 4. The number of amides is 2. The summed E-state index contributed by atoms with van der Waals surface area (Å²) in [7, 11) is 0. The Morgan fingerprint density at radius 3 is 2.59 bits per heavy atom. The van der Waals surface area contributed by atoms with Crippen molar-refractivity contribution in [2.75, 3.05) is 30.8 Å². The number of nitrogens with two attached hydrogens (primary N) is 1. The molecule has 0 spiro atoms. The second kappa shape index (κ2) is 10.8. The lowest BCUT2D eigenvalue weighted by molar-refractivity contribution is -0.172. The van der Waals surface area contributed by atoms with Gasteiger partial charge in [0.25, 0.3) is 5.91 Å². The molecule has 6 rings (SSSR count). The molecule has 4 aromatic rings. The van der Waals surface area contributed by atoms with E-state index in [1.807, 2.05) is 18.7 Å². The lowest BCUT2D eigenvalue weighted by atomic mass is 9.84. The Labute approximate surface area is 249 Å². The summed E-state index contributed by atoms with van der Waals surface area (Å²) in [6.07, 6.45) is 1.06. The van der Waals surface area contributed by atoms with Gasteiger partial charge in [0.1, 0.15) is 34.5 Å². The van der Waals surface area contributed by atoms with E-state index in [2.05, 4.69) is 15.3 Å². The van der Waals surface area contributed by atoms with Crippen LogP contribution >= 0.6 is 0 Å². The molecule has 2 aliphatic heterocycles. The summed E-state index contributed by atoms with van der Waals surface area (Å²) in [6, 6.07) is 5.58. The monoisotopic (exact) mass is 611 g/mol. The van der Waals surface area contributed by atoms with Gasteiger partial charge in [0.2, 0.25) is 5.91 Å². The number of nitrogens with zero attached hydrogens (tertiary/aromatic N) is 5. The Balaban J connectivity index is 1.32. The van der Waals surface area contributed by atoms with Crippen LogP contribution in [0.25, 0.3) is 16.8 Å². The second-order valence-electron chi connectivity index (χ2n) is 11.5. The smallest absolute Gasteiger partial charge is 0.382 e. The fourth-order valence-corrected chi connectivity index (χ4v) is 5.81. The molecule has 10 nitrogen and oxygen atoms in total. The van der Waals surface area contributed by atoms with Gasteiger partial charge in [0, 0.05) is 42.7 Å². The maximum absolute atomic E-state index is 15.4. The van der Waals surface area contributed by atoms with Gasteiger partial charge in [-0.05, 0) is 51.0 Å². The molecule has 14 heteroatoms. The molecule has 2 aliphatic rings. The fraction of sp³-hybridized carbons (Fsp3) is 0.367. The molecule has 3 aromatic heterocycles. The molecule has 0 bridgehead atoms. The van der Waals surface area contributed by atoms with Gasteiger partial charge in [-0.2, -0.15) is 13.2 Å². The van der Waals surface area contributed by atoms with Crippen molar-refractivity contribution in [1.82, 2.24) is 24.3 Å². The van der Waals surface area contributed by atoms with Crippen molar-refractivity contribution >= 4 is 29.0 Å². The number of carbonyl (C=O) groups is 2. The topological polar surface area (TPSA) is 128 Å². The highest BCUT2D eigenvalue weighted by Crippen LogP contribution is 2.38. The highest BCUT2D eigenvalue weighted by Gasteiger charge is 2.46. The molecular weight excluding hydrogens is 582 g/mol. The minimum absolute atomic E-state index is 0.0345. The molecule has 44 heavy (non-hydrogen) atoms. The van der Waals surface area contributed by atoms with Crippen LogP contribution < -0.4 is 11.1 Å². The molecule has 2 saturated heterocycles. The molecule has 3 N–H and O–H groups in total. The number of alkyl halides is 3. The maximum Gasteiger partial charge on any atom is 0.419 e. The van der Waals surface area contributed by atoms with Crippen LogP contribution in [-0.2, 0) is 15.7 Å². The van der Waals surface area contributed by atoms with Gasteiger partial charge in [0.05, 0.1) is 29.8 Å². The third-order valence-corrected chi connectivity index (χ3v) is 8.31. The van der Waals surface area contributed by atoms with Crippen molar-refractivity contribution in [3.05, 3.63) is 71.7 Å². The quantitative estimate of drug-likeness (QED) is 0.307. The predicted molar refractivity (Wildman–Crippen MR) is 152 cm³/mol. The lowest BCUT2D eigenvalue weighted by Gasteiger charge is -2.45. The van der Waals surface area contributed by atoms with Crippen molar-refractivity contribution < 1.29 is 31.9 Å². The number of carbonyl (C=O) groups excluding carboxylic acids is 2. The summed E-state index contributed by atoms with van der Waals surface area (Å²) in [5.74, 6) is -2.15. The Morgan fingerprint density at radius 2 is 1.91 bits per heavy atom. The van der Waals surface area contributed by atoms with Gasteiger partial charge in [0.15, 0.2) is 0 Å². The van der Waals surface area contributed by atoms with Crippen LogP contribution in [0.3, 0.4) is 0 Å². The summed E-state index contributed by atoms with van der Waals surface area (Å²) in [5.41, 5.74) is 5.10. The average molecular weight is 612 g/mol. The number of pyridine rings is 1. The van der Waals surface area contributed by atoms with Gasteiger partial charge in [-0.1, -0.05) is 6.07 Å². The summed E-state index contributed by atoms with van der Waals surface area (Å²) >= 11 is 0. The zero-order valence-corrected chi connectivity index (χ0v) is 23.9. The Hall–Kier alpha value is -4.59. The Bertz CT molecular complexity index is 1770. The average Bonchev–Trinajstić information content (AvgIpc) is 3.36. The van der Waals surface area contributed by atoms with E-state index in [0.29, 0.717) is 36.8 Å². The number of nitrogens with one attached hydrogen (secondary N) is 1. The predicted octanol–water partition coefficient (Wildman–Crippen LogP) is 4.91. The van der Waals surface area contributed by atoms with Crippen molar-refractivity contribution in [3.8, 4) is 11.3 Å². The first-order valence-corrected chi connectivity index (χ1v) is 14.0. The van der Waals surface area contributed by atoms with Gasteiger partial charge in [-0.3, -0.25) is 14.0 Å². The third-order valence-electron chi connectivity index (χ3n) is 8.31. The van der Waals surface area contributed by atoms with Gasteiger partial charge in [-0.25, -0.2) is 19.3 Å². The van der Waals surface area contributed by atoms with Gasteiger partial charge >= 0.3 is 6.18 Å². The molecule has 2 fully saturated rings. The van der Waals surface area contributed by atoms with E-state index in [1.54, 1.807) is 10.6 Å². The third kappa shape index (κ3) is 5.12. The number of aromatic nitrogens is 4. The molecule has 1 aromatic carbocycles. The van der Waals surface area contributed by atoms with Crippen LogP contribution in [0.4, 0.5) is 29.2 Å². The number of piperidine rings is 1. The molecular formula is C30H29F4N7O3. The number of fused-ring (bicyclic) bond motifs is 1. The molecule has 0 aliphatic carbocycles. The summed E-state index contributed by atoms with van der Waals surface area (Å²) in [6.45, 7) is 5.10. The van der Waals surface area contributed by atoms with Crippen molar-refractivity contribution in [3.63, 3.8) is 0 Å². The zero-order valence-electron chi connectivity index (χ0n) is 23.9. The number of hydrogen-bond acceptors (Lipinski definition) is 7. The van der Waals surface area contributed by atoms with E-state index in [1.165, 1.54) is 12.3 Å². The first-order valence-electron chi connectivity index (χ1n) is 14.0. The zero-order chi connectivity index (χ0) is 31.4. The van der Waals surface area contributed by atoms with Gasteiger partial charge in [-0.15, -0.1) is 0 Å². The number of ether oxygens (including phenoxy) is 1. The molecule has 0 radical (unpaired) electrons. The van der Waals surface area contributed by atoms with Crippen molar-refractivity contribution in [1.29, 1.82) is 0 Å². The van der Waals surface area contributed by atoms with E-state index in [9.17, 15) is 22.8 Å². The van der Waals surface area contributed by atoms with Crippen LogP contribution in [-0.4, -0.2) is 61.9 Å².